The fraction of sp³-hybridized carbons (Fsp3) is 1.00. The molecule has 1 unspecified atom stereocenters. The second-order valence-electron chi connectivity index (χ2n) is 5.03. The fourth-order valence-electron chi connectivity index (χ4n) is 2.27. The van der Waals surface area contributed by atoms with Crippen LogP contribution in [0, 0.1) is 5.92 Å². The Bertz CT molecular complexity index is 273. The summed E-state index contributed by atoms with van der Waals surface area (Å²) < 4.78 is 22.5. The van der Waals surface area contributed by atoms with Crippen LogP contribution in [0.1, 0.15) is 39.5 Å². The molecule has 1 aliphatic heterocycles. The number of sulfone groups is 1. The van der Waals surface area contributed by atoms with Crippen LogP contribution in [0.25, 0.3) is 0 Å². The first-order valence-corrected chi connectivity index (χ1v) is 8.28. The number of rotatable bonds is 6. The van der Waals surface area contributed by atoms with Gasteiger partial charge >= 0.3 is 0 Å². The van der Waals surface area contributed by atoms with Crippen molar-refractivity contribution in [2.45, 2.75) is 39.5 Å². The van der Waals surface area contributed by atoms with E-state index in [4.69, 9.17) is 0 Å². The van der Waals surface area contributed by atoms with Crippen molar-refractivity contribution in [2.24, 2.45) is 5.92 Å². The van der Waals surface area contributed by atoms with Crippen LogP contribution in [-0.2, 0) is 9.84 Å². The Balaban J connectivity index is 2.11. The van der Waals surface area contributed by atoms with Gasteiger partial charge in [-0.1, -0.05) is 26.7 Å². The fourth-order valence-corrected chi connectivity index (χ4v) is 3.55. The summed E-state index contributed by atoms with van der Waals surface area (Å²) in [4.78, 5) is 2.29. The van der Waals surface area contributed by atoms with Crippen LogP contribution in [-0.4, -0.2) is 44.5 Å². The molecule has 1 saturated heterocycles. The molecule has 0 N–H and O–H groups in total. The molecule has 0 aromatic carbocycles. The maximum absolute atomic E-state index is 11.2. The molecule has 0 aromatic heterocycles. The van der Waals surface area contributed by atoms with Gasteiger partial charge in [-0.2, -0.15) is 0 Å². The first kappa shape index (κ1) is 14.0. The molecule has 0 aromatic rings. The van der Waals surface area contributed by atoms with Gasteiger partial charge in [-0.25, -0.2) is 8.42 Å². The van der Waals surface area contributed by atoms with Gasteiger partial charge in [0, 0.05) is 13.1 Å². The molecular weight excluding hydrogens is 222 g/mol. The van der Waals surface area contributed by atoms with E-state index < -0.39 is 9.84 Å². The summed E-state index contributed by atoms with van der Waals surface area (Å²) in [6.07, 6.45) is 5.07. The van der Waals surface area contributed by atoms with Gasteiger partial charge in [0.05, 0.1) is 11.5 Å². The van der Waals surface area contributed by atoms with Crippen molar-refractivity contribution in [3.63, 3.8) is 0 Å². The van der Waals surface area contributed by atoms with E-state index in [-0.39, 0.29) is 0 Å². The zero-order valence-electron chi connectivity index (χ0n) is 10.6. The number of hydrogen-bond acceptors (Lipinski definition) is 3. The molecule has 0 bridgehead atoms. The van der Waals surface area contributed by atoms with E-state index in [1.54, 1.807) is 0 Å². The largest absolute Gasteiger partial charge is 0.301 e. The average Bonchev–Trinajstić information content (AvgIpc) is 2.21. The monoisotopic (exact) mass is 247 g/mol. The Morgan fingerprint density at radius 3 is 2.38 bits per heavy atom. The molecular formula is C12H25NO2S. The van der Waals surface area contributed by atoms with E-state index in [0.29, 0.717) is 11.5 Å². The highest BCUT2D eigenvalue weighted by molar-refractivity contribution is 7.91. The van der Waals surface area contributed by atoms with Gasteiger partial charge in [0.2, 0.25) is 0 Å². The maximum atomic E-state index is 11.2. The predicted molar refractivity (Wildman–Crippen MR) is 68.4 cm³/mol. The number of nitrogens with zero attached hydrogens (tertiary/aromatic N) is 1. The van der Waals surface area contributed by atoms with Crippen LogP contribution < -0.4 is 0 Å². The molecule has 1 atom stereocenters. The van der Waals surface area contributed by atoms with Crippen molar-refractivity contribution >= 4 is 9.84 Å². The first-order valence-electron chi connectivity index (χ1n) is 6.46. The molecule has 0 spiro atoms. The summed E-state index contributed by atoms with van der Waals surface area (Å²) in [6.45, 7) is 7.09. The molecule has 4 heteroatoms. The molecule has 16 heavy (non-hydrogen) atoms. The third kappa shape index (κ3) is 5.30. The summed E-state index contributed by atoms with van der Waals surface area (Å²) in [6, 6.07) is 0. The molecule has 1 fully saturated rings. The minimum Gasteiger partial charge on any atom is -0.301 e. The molecule has 3 nitrogen and oxygen atoms in total. The van der Waals surface area contributed by atoms with E-state index in [2.05, 4.69) is 18.7 Å². The third-order valence-corrected chi connectivity index (χ3v) is 5.00. The Hall–Kier alpha value is -0.0900. The molecule has 1 aliphatic rings. The molecule has 0 saturated carbocycles. The highest BCUT2D eigenvalue weighted by atomic mass is 32.2. The van der Waals surface area contributed by atoms with Gasteiger partial charge in [0.25, 0.3) is 0 Å². The van der Waals surface area contributed by atoms with Crippen LogP contribution in [0.3, 0.4) is 0 Å². The zero-order chi connectivity index (χ0) is 12.0. The minimum atomic E-state index is -2.71. The first-order chi connectivity index (χ1) is 7.53. The lowest BCUT2D eigenvalue weighted by Crippen LogP contribution is -2.40. The minimum absolute atomic E-state index is 0.359. The van der Waals surface area contributed by atoms with Crippen molar-refractivity contribution in [1.29, 1.82) is 0 Å². The van der Waals surface area contributed by atoms with E-state index >= 15 is 0 Å². The van der Waals surface area contributed by atoms with Crippen molar-refractivity contribution in [2.75, 3.05) is 31.1 Å². The SMILES string of the molecule is CCCC(C)CCCN1CCS(=O)(=O)CC1. The smallest absolute Gasteiger partial charge is 0.152 e. The lowest BCUT2D eigenvalue weighted by molar-refractivity contribution is 0.279. The van der Waals surface area contributed by atoms with Gasteiger partial charge in [0.1, 0.15) is 0 Å². The summed E-state index contributed by atoms with van der Waals surface area (Å²) in [7, 11) is -2.71. The van der Waals surface area contributed by atoms with E-state index in [0.717, 1.165) is 25.6 Å². The van der Waals surface area contributed by atoms with Crippen LogP contribution in [0.2, 0.25) is 0 Å². The van der Waals surface area contributed by atoms with Crippen LogP contribution in [0.5, 0.6) is 0 Å². The van der Waals surface area contributed by atoms with E-state index in [1.165, 1.54) is 25.7 Å². The summed E-state index contributed by atoms with van der Waals surface area (Å²) in [5.41, 5.74) is 0. The quantitative estimate of drug-likeness (QED) is 0.720. The standard InChI is InChI=1S/C12H25NO2S/c1-3-5-12(2)6-4-7-13-8-10-16(14,15)11-9-13/h12H,3-11H2,1-2H3. The van der Waals surface area contributed by atoms with Crippen molar-refractivity contribution in [3.05, 3.63) is 0 Å². The van der Waals surface area contributed by atoms with Crippen LogP contribution in [0.4, 0.5) is 0 Å². The van der Waals surface area contributed by atoms with Crippen LogP contribution in [0.15, 0.2) is 0 Å². The maximum Gasteiger partial charge on any atom is 0.152 e. The van der Waals surface area contributed by atoms with Gasteiger partial charge in [-0.05, 0) is 25.3 Å². The topological polar surface area (TPSA) is 37.4 Å². The van der Waals surface area contributed by atoms with Gasteiger partial charge in [0.15, 0.2) is 9.84 Å². The average molecular weight is 247 g/mol. The summed E-state index contributed by atoms with van der Waals surface area (Å²) in [5.74, 6) is 1.54. The van der Waals surface area contributed by atoms with Gasteiger partial charge in [-0.3, -0.25) is 0 Å². The molecule has 1 rings (SSSR count). The van der Waals surface area contributed by atoms with Gasteiger partial charge in [-0.15, -0.1) is 0 Å². The van der Waals surface area contributed by atoms with E-state index in [9.17, 15) is 8.42 Å². The zero-order valence-corrected chi connectivity index (χ0v) is 11.4. The van der Waals surface area contributed by atoms with Crippen molar-refractivity contribution < 1.29 is 8.42 Å². The molecule has 1 heterocycles. The van der Waals surface area contributed by atoms with Crippen molar-refractivity contribution in [3.8, 4) is 0 Å². The lowest BCUT2D eigenvalue weighted by atomic mass is 10.0. The van der Waals surface area contributed by atoms with Crippen molar-refractivity contribution in [1.82, 2.24) is 4.90 Å². The normalized spacial score (nSPS) is 23.1. The molecule has 0 aliphatic carbocycles. The predicted octanol–water partition coefficient (Wildman–Crippen LogP) is 1.93. The molecule has 0 amide bonds. The van der Waals surface area contributed by atoms with Gasteiger partial charge < -0.3 is 4.90 Å². The summed E-state index contributed by atoms with van der Waals surface area (Å²) in [5, 5.41) is 0. The molecule has 0 radical (unpaired) electrons. The lowest BCUT2D eigenvalue weighted by Gasteiger charge is -2.26. The Kier molecular flexibility index (Phi) is 5.76. The second-order valence-corrected chi connectivity index (χ2v) is 7.33. The Morgan fingerprint density at radius 2 is 1.81 bits per heavy atom. The van der Waals surface area contributed by atoms with Crippen LogP contribution >= 0.6 is 0 Å². The molecule has 96 valence electrons. The van der Waals surface area contributed by atoms with E-state index in [1.807, 2.05) is 0 Å². The number of hydrogen-bond donors (Lipinski definition) is 0. The highest BCUT2D eigenvalue weighted by Crippen LogP contribution is 2.13. The Labute approximate surface area is 100 Å². The highest BCUT2D eigenvalue weighted by Gasteiger charge is 2.20. The third-order valence-electron chi connectivity index (χ3n) is 3.39. The summed E-state index contributed by atoms with van der Waals surface area (Å²) >= 11 is 0. The Morgan fingerprint density at radius 1 is 1.19 bits per heavy atom. The second kappa shape index (κ2) is 6.60.